The Kier molecular flexibility index (Phi) is 5.33. The lowest BCUT2D eigenvalue weighted by Crippen LogP contribution is -2.30. The standard InChI is InChI=1S/C19H15Cl2NO2S/c20-18-12-7-13-19(21)17(18)14-22(15-8-3-1-4-9-15)25(23,24)16-10-5-2-6-11-16/h1-13H,14H2. The largest absolute Gasteiger partial charge is 0.264 e. The van der Waals surface area contributed by atoms with Crippen molar-refractivity contribution in [1.29, 1.82) is 0 Å². The molecule has 0 unspecified atom stereocenters. The molecule has 3 aromatic rings. The van der Waals surface area contributed by atoms with E-state index in [4.69, 9.17) is 23.2 Å². The SMILES string of the molecule is O=S(=O)(c1ccccc1)N(Cc1c(Cl)cccc1Cl)c1ccccc1. The molecular formula is C19H15Cl2NO2S. The van der Waals surface area contributed by atoms with Crippen molar-refractivity contribution in [3.8, 4) is 0 Å². The van der Waals surface area contributed by atoms with Crippen LogP contribution in [0.1, 0.15) is 5.56 Å². The molecule has 6 heteroatoms. The summed E-state index contributed by atoms with van der Waals surface area (Å²) in [5, 5.41) is 0.855. The Balaban J connectivity index is 2.12. The van der Waals surface area contributed by atoms with Crippen molar-refractivity contribution in [1.82, 2.24) is 0 Å². The minimum atomic E-state index is -3.77. The van der Waals surface area contributed by atoms with Crippen LogP contribution in [-0.2, 0) is 16.6 Å². The van der Waals surface area contributed by atoms with Crippen LogP contribution in [0.4, 0.5) is 5.69 Å². The number of rotatable bonds is 5. The quantitative estimate of drug-likeness (QED) is 0.584. The summed E-state index contributed by atoms with van der Waals surface area (Å²) >= 11 is 12.5. The Hall–Kier alpha value is -2.01. The van der Waals surface area contributed by atoms with Crippen molar-refractivity contribution >= 4 is 38.9 Å². The maximum Gasteiger partial charge on any atom is 0.264 e. The van der Waals surface area contributed by atoms with Gasteiger partial charge in [0.1, 0.15) is 0 Å². The van der Waals surface area contributed by atoms with Gasteiger partial charge < -0.3 is 0 Å². The summed E-state index contributed by atoms with van der Waals surface area (Å²) in [6.45, 7) is 0.0414. The minimum Gasteiger partial charge on any atom is -0.262 e. The molecule has 0 aliphatic heterocycles. The summed E-state index contributed by atoms with van der Waals surface area (Å²) in [7, 11) is -3.77. The van der Waals surface area contributed by atoms with Crippen molar-refractivity contribution in [3.63, 3.8) is 0 Å². The molecule has 25 heavy (non-hydrogen) atoms. The Bertz CT molecular complexity index is 941. The number of halogens is 2. The molecule has 0 N–H and O–H groups in total. The van der Waals surface area contributed by atoms with Gasteiger partial charge in [-0.15, -0.1) is 0 Å². The van der Waals surface area contributed by atoms with E-state index < -0.39 is 10.0 Å². The number of benzene rings is 3. The first kappa shape index (κ1) is 17.8. The summed E-state index contributed by atoms with van der Waals surface area (Å²) in [4.78, 5) is 0.210. The third kappa shape index (κ3) is 3.82. The van der Waals surface area contributed by atoms with E-state index in [2.05, 4.69) is 0 Å². The first-order valence-corrected chi connectivity index (χ1v) is 9.75. The molecule has 128 valence electrons. The minimum absolute atomic E-state index is 0.0414. The van der Waals surface area contributed by atoms with Crippen molar-refractivity contribution in [2.75, 3.05) is 4.31 Å². The van der Waals surface area contributed by atoms with E-state index in [1.54, 1.807) is 72.8 Å². The molecule has 3 nitrogen and oxygen atoms in total. The second kappa shape index (κ2) is 7.48. The van der Waals surface area contributed by atoms with E-state index >= 15 is 0 Å². The molecule has 0 radical (unpaired) electrons. The molecule has 0 fully saturated rings. The highest BCUT2D eigenvalue weighted by Gasteiger charge is 2.26. The van der Waals surface area contributed by atoms with E-state index in [-0.39, 0.29) is 11.4 Å². The van der Waals surface area contributed by atoms with Gasteiger partial charge in [0.25, 0.3) is 10.0 Å². The Morgan fingerprint density at radius 1 is 0.720 bits per heavy atom. The number of sulfonamides is 1. The van der Waals surface area contributed by atoms with Crippen molar-refractivity contribution in [2.45, 2.75) is 11.4 Å². The molecule has 0 aliphatic rings. The topological polar surface area (TPSA) is 37.4 Å². The summed E-state index contributed by atoms with van der Waals surface area (Å²) in [6.07, 6.45) is 0. The van der Waals surface area contributed by atoms with Gasteiger partial charge in [-0.3, -0.25) is 4.31 Å². The molecule has 0 saturated heterocycles. The van der Waals surface area contributed by atoms with E-state index in [1.165, 1.54) is 4.31 Å². The van der Waals surface area contributed by atoms with E-state index in [1.807, 2.05) is 6.07 Å². The number of hydrogen-bond acceptors (Lipinski definition) is 2. The number of hydrogen-bond donors (Lipinski definition) is 0. The van der Waals surface area contributed by atoms with Gasteiger partial charge in [-0.2, -0.15) is 0 Å². The molecule has 0 bridgehead atoms. The molecule has 3 aromatic carbocycles. The Labute approximate surface area is 157 Å². The van der Waals surface area contributed by atoms with Gasteiger partial charge in [0.15, 0.2) is 0 Å². The van der Waals surface area contributed by atoms with Gasteiger partial charge in [-0.1, -0.05) is 65.7 Å². The molecule has 0 aromatic heterocycles. The van der Waals surface area contributed by atoms with Crippen molar-refractivity contribution in [3.05, 3.63) is 94.5 Å². The highest BCUT2D eigenvalue weighted by molar-refractivity contribution is 7.92. The summed E-state index contributed by atoms with van der Waals surface area (Å²) in [5.41, 5.74) is 1.11. The second-order valence-electron chi connectivity index (χ2n) is 5.36. The van der Waals surface area contributed by atoms with Crippen LogP contribution in [0.15, 0.2) is 83.8 Å². The van der Waals surface area contributed by atoms with Crippen LogP contribution in [0.3, 0.4) is 0 Å². The highest BCUT2D eigenvalue weighted by atomic mass is 35.5. The fraction of sp³-hybridized carbons (Fsp3) is 0.0526. The fourth-order valence-corrected chi connectivity index (χ4v) is 4.43. The first-order valence-electron chi connectivity index (χ1n) is 7.56. The Morgan fingerprint density at radius 3 is 1.80 bits per heavy atom. The van der Waals surface area contributed by atoms with E-state index in [0.29, 0.717) is 21.3 Å². The molecule has 0 aliphatic carbocycles. The zero-order valence-corrected chi connectivity index (χ0v) is 15.5. The maximum absolute atomic E-state index is 13.2. The van der Waals surface area contributed by atoms with Gasteiger partial charge >= 0.3 is 0 Å². The average Bonchev–Trinajstić information content (AvgIpc) is 2.63. The molecule has 0 atom stereocenters. The van der Waals surface area contributed by atoms with Crippen LogP contribution in [-0.4, -0.2) is 8.42 Å². The lowest BCUT2D eigenvalue weighted by molar-refractivity contribution is 0.590. The molecule has 3 rings (SSSR count). The molecule has 0 amide bonds. The third-order valence-electron chi connectivity index (χ3n) is 3.74. The average molecular weight is 392 g/mol. The lowest BCUT2D eigenvalue weighted by atomic mass is 10.2. The zero-order valence-electron chi connectivity index (χ0n) is 13.1. The lowest BCUT2D eigenvalue weighted by Gasteiger charge is -2.25. The summed E-state index contributed by atoms with van der Waals surface area (Å²) in [5.74, 6) is 0. The fourth-order valence-electron chi connectivity index (χ4n) is 2.46. The third-order valence-corrected chi connectivity index (χ3v) is 6.24. The normalized spacial score (nSPS) is 11.3. The Morgan fingerprint density at radius 2 is 1.24 bits per heavy atom. The second-order valence-corrected chi connectivity index (χ2v) is 8.04. The molecule has 0 heterocycles. The molecule has 0 saturated carbocycles. The van der Waals surface area contributed by atoms with E-state index in [0.717, 1.165) is 0 Å². The van der Waals surface area contributed by atoms with Crippen LogP contribution in [0.25, 0.3) is 0 Å². The smallest absolute Gasteiger partial charge is 0.262 e. The first-order chi connectivity index (χ1) is 12.0. The summed E-state index contributed by atoms with van der Waals surface area (Å²) in [6, 6.07) is 22.3. The van der Waals surface area contributed by atoms with Crippen LogP contribution in [0.5, 0.6) is 0 Å². The van der Waals surface area contributed by atoms with E-state index in [9.17, 15) is 8.42 Å². The van der Waals surface area contributed by atoms with Crippen LogP contribution >= 0.6 is 23.2 Å². The maximum atomic E-state index is 13.2. The van der Waals surface area contributed by atoms with Crippen LogP contribution in [0, 0.1) is 0 Å². The monoisotopic (exact) mass is 391 g/mol. The van der Waals surface area contributed by atoms with Gasteiger partial charge in [0.05, 0.1) is 17.1 Å². The summed E-state index contributed by atoms with van der Waals surface area (Å²) < 4.78 is 27.7. The van der Waals surface area contributed by atoms with Gasteiger partial charge in [-0.25, -0.2) is 8.42 Å². The van der Waals surface area contributed by atoms with Crippen LogP contribution < -0.4 is 4.31 Å². The number of para-hydroxylation sites is 1. The molecular weight excluding hydrogens is 377 g/mol. The van der Waals surface area contributed by atoms with Crippen LogP contribution in [0.2, 0.25) is 10.0 Å². The predicted molar refractivity (Wildman–Crippen MR) is 103 cm³/mol. The zero-order chi connectivity index (χ0) is 17.9. The van der Waals surface area contributed by atoms with Crippen molar-refractivity contribution in [2.24, 2.45) is 0 Å². The number of anilines is 1. The predicted octanol–water partition coefficient (Wildman–Crippen LogP) is 5.39. The van der Waals surface area contributed by atoms with Gasteiger partial charge in [0, 0.05) is 15.6 Å². The highest BCUT2D eigenvalue weighted by Crippen LogP contribution is 2.31. The number of nitrogens with zero attached hydrogens (tertiary/aromatic N) is 1. The van der Waals surface area contributed by atoms with Gasteiger partial charge in [-0.05, 0) is 36.4 Å². The molecule has 0 spiro atoms. The van der Waals surface area contributed by atoms with Crippen molar-refractivity contribution < 1.29 is 8.42 Å². The van der Waals surface area contributed by atoms with Gasteiger partial charge in [0.2, 0.25) is 0 Å².